The molecule has 5 heteroatoms. The summed E-state index contributed by atoms with van der Waals surface area (Å²) in [7, 11) is 0. The van der Waals surface area contributed by atoms with E-state index in [0.29, 0.717) is 18.2 Å². The van der Waals surface area contributed by atoms with E-state index in [9.17, 15) is 9.59 Å². The molecule has 4 aliphatic rings. The van der Waals surface area contributed by atoms with Crippen molar-refractivity contribution in [3.05, 3.63) is 30.1 Å². The van der Waals surface area contributed by atoms with Gasteiger partial charge in [-0.1, -0.05) is 6.42 Å². The van der Waals surface area contributed by atoms with E-state index in [-0.39, 0.29) is 17.9 Å². The number of aryl methyl sites for hydroxylation is 1. The van der Waals surface area contributed by atoms with Crippen LogP contribution in [0.1, 0.15) is 44.1 Å². The maximum atomic E-state index is 12.8. The highest BCUT2D eigenvalue weighted by Crippen LogP contribution is 2.33. The topological polar surface area (TPSA) is 53.5 Å². The zero-order chi connectivity index (χ0) is 17.2. The van der Waals surface area contributed by atoms with Gasteiger partial charge in [-0.05, 0) is 55.7 Å². The van der Waals surface area contributed by atoms with Gasteiger partial charge in [0, 0.05) is 50.4 Å². The van der Waals surface area contributed by atoms with Gasteiger partial charge in [-0.25, -0.2) is 0 Å². The summed E-state index contributed by atoms with van der Waals surface area (Å²) in [6.45, 7) is 2.42. The van der Waals surface area contributed by atoms with Crippen LogP contribution in [-0.2, 0) is 16.0 Å². The van der Waals surface area contributed by atoms with E-state index < -0.39 is 0 Å². The minimum atomic E-state index is 0.215. The quantitative estimate of drug-likeness (QED) is 0.844. The van der Waals surface area contributed by atoms with Crippen molar-refractivity contribution >= 4 is 11.8 Å². The van der Waals surface area contributed by atoms with Crippen LogP contribution in [0.2, 0.25) is 0 Å². The third kappa shape index (κ3) is 3.55. The van der Waals surface area contributed by atoms with E-state index in [0.717, 1.165) is 57.3 Å². The molecule has 25 heavy (non-hydrogen) atoms. The van der Waals surface area contributed by atoms with Crippen LogP contribution in [0.3, 0.4) is 0 Å². The second-order valence-corrected chi connectivity index (χ2v) is 7.87. The summed E-state index contributed by atoms with van der Waals surface area (Å²) in [6.07, 6.45) is 10.3. The fourth-order valence-electron chi connectivity index (χ4n) is 4.43. The van der Waals surface area contributed by atoms with E-state index in [1.54, 1.807) is 12.4 Å². The molecule has 0 unspecified atom stereocenters. The minimum absolute atomic E-state index is 0.215. The Kier molecular flexibility index (Phi) is 4.73. The van der Waals surface area contributed by atoms with Crippen LogP contribution in [-0.4, -0.2) is 52.3 Å². The molecular weight excluding hydrogens is 314 g/mol. The molecule has 0 N–H and O–H groups in total. The first kappa shape index (κ1) is 16.6. The lowest BCUT2D eigenvalue weighted by molar-refractivity contribution is -0.140. The molecule has 2 bridgehead atoms. The lowest BCUT2D eigenvalue weighted by Gasteiger charge is -2.36. The summed E-state index contributed by atoms with van der Waals surface area (Å²) in [5.41, 5.74) is 1.16. The molecule has 2 atom stereocenters. The number of piperidine rings is 1. The zero-order valence-corrected chi connectivity index (χ0v) is 14.8. The second kappa shape index (κ2) is 7.14. The molecular formula is C20H27N3O2. The van der Waals surface area contributed by atoms with Crippen LogP contribution < -0.4 is 0 Å². The number of carbonyl (C=O) groups excluding carboxylic acids is 2. The van der Waals surface area contributed by atoms with Crippen LogP contribution >= 0.6 is 0 Å². The number of carbonyl (C=O) groups is 2. The Bertz CT molecular complexity index is 629. The maximum absolute atomic E-state index is 12.8. The fraction of sp³-hybridized carbons (Fsp3) is 0.650. The van der Waals surface area contributed by atoms with Gasteiger partial charge in [0.25, 0.3) is 0 Å². The summed E-state index contributed by atoms with van der Waals surface area (Å²) in [5, 5.41) is 0. The van der Waals surface area contributed by atoms with E-state index >= 15 is 0 Å². The highest BCUT2D eigenvalue weighted by atomic mass is 16.2. The average Bonchev–Trinajstić information content (AvgIpc) is 2.91. The van der Waals surface area contributed by atoms with Crippen LogP contribution in [0.25, 0.3) is 0 Å². The summed E-state index contributed by atoms with van der Waals surface area (Å²) < 4.78 is 0. The van der Waals surface area contributed by atoms with Crippen molar-refractivity contribution < 1.29 is 9.59 Å². The molecule has 3 saturated heterocycles. The fourth-order valence-corrected chi connectivity index (χ4v) is 4.43. The van der Waals surface area contributed by atoms with Crippen molar-refractivity contribution in [1.29, 1.82) is 0 Å². The van der Waals surface area contributed by atoms with E-state index in [2.05, 4.69) is 14.8 Å². The van der Waals surface area contributed by atoms with Crippen LogP contribution in [0.4, 0.5) is 0 Å². The Morgan fingerprint density at radius 3 is 2.56 bits per heavy atom. The highest BCUT2D eigenvalue weighted by molar-refractivity contribution is 5.80. The van der Waals surface area contributed by atoms with Crippen LogP contribution in [0.5, 0.6) is 0 Å². The Morgan fingerprint density at radius 2 is 1.84 bits per heavy atom. The third-order valence-electron chi connectivity index (χ3n) is 6.18. The summed E-state index contributed by atoms with van der Waals surface area (Å²) in [6, 6.07) is 4.16. The van der Waals surface area contributed by atoms with Gasteiger partial charge in [0.2, 0.25) is 11.8 Å². The first-order chi connectivity index (χ1) is 12.2. The number of hydrogen-bond acceptors (Lipinski definition) is 3. The van der Waals surface area contributed by atoms with Crippen LogP contribution in [0.15, 0.2) is 24.5 Å². The van der Waals surface area contributed by atoms with Gasteiger partial charge < -0.3 is 9.80 Å². The van der Waals surface area contributed by atoms with Crippen molar-refractivity contribution in [3.63, 3.8) is 0 Å². The first-order valence-electron chi connectivity index (χ1n) is 9.68. The molecule has 134 valence electrons. The number of aromatic nitrogens is 1. The molecule has 1 aromatic heterocycles. The number of fused-ring (bicyclic) bond motifs is 4. The Balaban J connectivity index is 1.38. The Morgan fingerprint density at radius 1 is 1.04 bits per heavy atom. The standard InChI is InChI=1S/C20H27N3O2/c24-19(7-5-15-8-10-21-11-9-15)23-13-16-4-6-18(23)14-22(12-16)20(25)17-2-1-3-17/h8-11,16-18H,1-7,12-14H2/t16-,18+/m0/s1. The first-order valence-corrected chi connectivity index (χ1v) is 9.68. The van der Waals surface area contributed by atoms with E-state index in [4.69, 9.17) is 0 Å². The number of rotatable bonds is 4. The van der Waals surface area contributed by atoms with Gasteiger partial charge in [0.1, 0.15) is 0 Å². The molecule has 4 heterocycles. The Hall–Kier alpha value is -1.91. The highest BCUT2D eigenvalue weighted by Gasteiger charge is 2.40. The van der Waals surface area contributed by atoms with E-state index in [1.165, 1.54) is 6.42 Å². The van der Waals surface area contributed by atoms with Gasteiger partial charge in [-0.15, -0.1) is 0 Å². The predicted octanol–water partition coefficient (Wildman–Crippen LogP) is 2.26. The number of pyridine rings is 1. The molecule has 1 aromatic rings. The molecule has 2 amide bonds. The molecule has 4 fully saturated rings. The molecule has 3 aliphatic heterocycles. The van der Waals surface area contributed by atoms with Gasteiger partial charge in [0.05, 0.1) is 0 Å². The summed E-state index contributed by atoms with van der Waals surface area (Å²) in [4.78, 5) is 33.6. The maximum Gasteiger partial charge on any atom is 0.225 e. The molecule has 0 spiro atoms. The predicted molar refractivity (Wildman–Crippen MR) is 94.7 cm³/mol. The van der Waals surface area contributed by atoms with Gasteiger partial charge >= 0.3 is 0 Å². The van der Waals surface area contributed by atoms with Crippen molar-refractivity contribution in [1.82, 2.24) is 14.8 Å². The molecule has 0 radical (unpaired) electrons. The smallest absolute Gasteiger partial charge is 0.225 e. The summed E-state index contributed by atoms with van der Waals surface area (Å²) >= 11 is 0. The van der Waals surface area contributed by atoms with Gasteiger partial charge in [-0.3, -0.25) is 14.6 Å². The molecule has 1 aliphatic carbocycles. The van der Waals surface area contributed by atoms with Gasteiger partial charge in [0.15, 0.2) is 0 Å². The van der Waals surface area contributed by atoms with Crippen LogP contribution in [0, 0.1) is 11.8 Å². The van der Waals surface area contributed by atoms with Crippen molar-refractivity contribution in [2.75, 3.05) is 19.6 Å². The number of hydrogen-bond donors (Lipinski definition) is 0. The normalized spacial score (nSPS) is 26.2. The lowest BCUT2D eigenvalue weighted by atomic mass is 9.84. The molecule has 5 nitrogen and oxygen atoms in total. The van der Waals surface area contributed by atoms with Crippen molar-refractivity contribution in [2.24, 2.45) is 11.8 Å². The second-order valence-electron chi connectivity index (χ2n) is 7.87. The lowest BCUT2D eigenvalue weighted by Crippen LogP contribution is -2.48. The van der Waals surface area contributed by atoms with Crippen molar-refractivity contribution in [3.8, 4) is 0 Å². The van der Waals surface area contributed by atoms with Crippen molar-refractivity contribution in [2.45, 2.75) is 51.0 Å². The molecule has 1 saturated carbocycles. The zero-order valence-electron chi connectivity index (χ0n) is 14.8. The summed E-state index contributed by atoms with van der Waals surface area (Å²) in [5.74, 6) is 1.29. The third-order valence-corrected chi connectivity index (χ3v) is 6.18. The average molecular weight is 341 g/mol. The monoisotopic (exact) mass is 341 g/mol. The Labute approximate surface area is 149 Å². The number of amides is 2. The number of nitrogens with zero attached hydrogens (tertiary/aromatic N) is 3. The van der Waals surface area contributed by atoms with E-state index in [1.807, 2.05) is 12.1 Å². The molecule has 5 rings (SSSR count). The SMILES string of the molecule is O=C(C1CCC1)N1C[C@@H]2CC[C@H](C1)N(C(=O)CCc1ccncc1)C2. The van der Waals surface area contributed by atoms with Gasteiger partial charge in [-0.2, -0.15) is 0 Å². The molecule has 0 aromatic carbocycles. The minimum Gasteiger partial charge on any atom is -0.340 e. The largest absolute Gasteiger partial charge is 0.340 e.